The minimum atomic E-state index is -1.44. The predicted octanol–water partition coefficient (Wildman–Crippen LogP) is 4.89. The molecule has 1 aromatic rings. The Morgan fingerprint density at radius 2 is 1.48 bits per heavy atom. The minimum Gasteiger partial charge on any atom is -0.480 e. The topological polar surface area (TPSA) is 74.6 Å². The van der Waals surface area contributed by atoms with Crippen molar-refractivity contribution in [2.45, 2.75) is 38.2 Å². The summed E-state index contributed by atoms with van der Waals surface area (Å²) < 4.78 is 0.528. The SMILES string of the molecule is CC(C)C1(C(C)C)SCCS1.O=C(O)C(C(=O)O)C1=Cc2ccccc2C1. The van der Waals surface area contributed by atoms with Gasteiger partial charge in [-0.05, 0) is 35.0 Å². The van der Waals surface area contributed by atoms with Gasteiger partial charge in [0.05, 0.1) is 4.08 Å². The van der Waals surface area contributed by atoms with Gasteiger partial charge in [-0.25, -0.2) is 0 Å². The lowest BCUT2D eigenvalue weighted by Gasteiger charge is -2.35. The Morgan fingerprint density at radius 1 is 0.963 bits per heavy atom. The van der Waals surface area contributed by atoms with E-state index < -0.39 is 17.9 Å². The molecular weight excluding hydrogens is 380 g/mol. The van der Waals surface area contributed by atoms with Crippen molar-refractivity contribution in [3.63, 3.8) is 0 Å². The maximum absolute atomic E-state index is 10.9. The van der Waals surface area contributed by atoms with Gasteiger partial charge < -0.3 is 10.2 Å². The van der Waals surface area contributed by atoms with Gasteiger partial charge in [0.1, 0.15) is 0 Å². The maximum Gasteiger partial charge on any atom is 0.322 e. The van der Waals surface area contributed by atoms with E-state index >= 15 is 0 Å². The van der Waals surface area contributed by atoms with Crippen molar-refractivity contribution < 1.29 is 19.8 Å². The number of rotatable bonds is 5. The van der Waals surface area contributed by atoms with Crippen molar-refractivity contribution in [1.29, 1.82) is 0 Å². The Morgan fingerprint density at radius 3 is 1.89 bits per heavy atom. The van der Waals surface area contributed by atoms with Crippen LogP contribution in [0, 0.1) is 17.8 Å². The van der Waals surface area contributed by atoms with E-state index in [4.69, 9.17) is 10.2 Å². The van der Waals surface area contributed by atoms with Crippen molar-refractivity contribution >= 4 is 41.5 Å². The van der Waals surface area contributed by atoms with E-state index in [0.29, 0.717) is 16.1 Å². The standard InChI is InChI=1S/C12H10O4.C9H18S2/c13-11(14)10(12(15)16)9-5-7-3-1-2-4-8(7)6-9;1-7(2)9(8(3)4)10-5-6-11-9/h1-5,10H,6H2,(H,13,14)(H,15,16);7-8H,5-6H2,1-4H3. The predicted molar refractivity (Wildman–Crippen MR) is 114 cm³/mol. The lowest BCUT2D eigenvalue weighted by molar-refractivity contribution is -0.152. The molecule has 1 aliphatic heterocycles. The molecule has 27 heavy (non-hydrogen) atoms. The molecule has 0 amide bonds. The molecule has 1 fully saturated rings. The van der Waals surface area contributed by atoms with Crippen LogP contribution in [0.2, 0.25) is 0 Å². The summed E-state index contributed by atoms with van der Waals surface area (Å²) in [7, 11) is 0. The summed E-state index contributed by atoms with van der Waals surface area (Å²) in [6.07, 6.45) is 2.06. The number of thioether (sulfide) groups is 2. The van der Waals surface area contributed by atoms with Crippen LogP contribution in [0.15, 0.2) is 29.8 Å². The zero-order valence-corrected chi connectivity index (χ0v) is 17.9. The van der Waals surface area contributed by atoms with Crippen LogP contribution in [-0.4, -0.2) is 37.7 Å². The zero-order valence-electron chi connectivity index (χ0n) is 16.3. The van der Waals surface area contributed by atoms with Crippen LogP contribution in [-0.2, 0) is 16.0 Å². The number of hydrogen-bond donors (Lipinski definition) is 2. The normalized spacial score (nSPS) is 17.5. The summed E-state index contributed by atoms with van der Waals surface area (Å²) in [4.78, 5) is 21.7. The number of aliphatic carboxylic acids is 2. The Bertz CT molecular complexity index is 695. The minimum absolute atomic E-state index is 0.402. The first-order valence-electron chi connectivity index (χ1n) is 9.21. The van der Waals surface area contributed by atoms with Gasteiger partial charge in [-0.3, -0.25) is 9.59 Å². The number of carbonyl (C=O) groups is 2. The highest BCUT2D eigenvalue weighted by molar-refractivity contribution is 8.21. The zero-order chi connectivity index (χ0) is 20.2. The first-order chi connectivity index (χ1) is 12.7. The number of fused-ring (bicyclic) bond motifs is 1. The molecule has 1 heterocycles. The van der Waals surface area contributed by atoms with Crippen LogP contribution in [0.3, 0.4) is 0 Å². The summed E-state index contributed by atoms with van der Waals surface area (Å²) in [5.74, 6) is 0.243. The molecule has 148 valence electrons. The van der Waals surface area contributed by atoms with E-state index in [1.165, 1.54) is 11.5 Å². The molecule has 2 aliphatic rings. The second kappa shape index (κ2) is 9.20. The van der Waals surface area contributed by atoms with Gasteiger partial charge in [-0.2, -0.15) is 0 Å². The fourth-order valence-corrected chi connectivity index (χ4v) is 7.16. The van der Waals surface area contributed by atoms with Gasteiger partial charge >= 0.3 is 11.9 Å². The first-order valence-corrected chi connectivity index (χ1v) is 11.2. The highest BCUT2D eigenvalue weighted by Crippen LogP contribution is 2.53. The maximum atomic E-state index is 10.9. The van der Waals surface area contributed by atoms with E-state index in [1.54, 1.807) is 6.08 Å². The Labute approximate surface area is 169 Å². The largest absolute Gasteiger partial charge is 0.480 e. The van der Waals surface area contributed by atoms with Crippen molar-refractivity contribution in [3.05, 3.63) is 41.0 Å². The van der Waals surface area contributed by atoms with Gasteiger partial charge in [0.25, 0.3) is 0 Å². The van der Waals surface area contributed by atoms with E-state index in [2.05, 4.69) is 51.2 Å². The van der Waals surface area contributed by atoms with Gasteiger partial charge in [-0.15, -0.1) is 23.5 Å². The molecule has 0 spiro atoms. The molecule has 1 saturated heterocycles. The van der Waals surface area contributed by atoms with Gasteiger partial charge in [-0.1, -0.05) is 58.0 Å². The summed E-state index contributed by atoms with van der Waals surface area (Å²) in [5, 5.41) is 17.7. The molecule has 3 rings (SSSR count). The Kier molecular flexibility index (Phi) is 7.46. The van der Waals surface area contributed by atoms with Crippen LogP contribution in [0.1, 0.15) is 38.8 Å². The lowest BCUT2D eigenvalue weighted by atomic mass is 9.97. The highest BCUT2D eigenvalue weighted by atomic mass is 32.2. The fourth-order valence-electron chi connectivity index (χ4n) is 3.69. The Balaban J connectivity index is 0.000000208. The van der Waals surface area contributed by atoms with Crippen molar-refractivity contribution in [3.8, 4) is 0 Å². The third-order valence-electron chi connectivity index (χ3n) is 5.00. The fraction of sp³-hybridized carbons (Fsp3) is 0.524. The molecule has 2 N–H and O–H groups in total. The molecule has 0 unspecified atom stereocenters. The van der Waals surface area contributed by atoms with Gasteiger partial charge in [0.15, 0.2) is 5.92 Å². The molecule has 0 atom stereocenters. The van der Waals surface area contributed by atoms with Crippen molar-refractivity contribution in [2.75, 3.05) is 11.5 Å². The molecule has 0 bridgehead atoms. The Hall–Kier alpha value is -1.40. The second-order valence-corrected chi connectivity index (χ2v) is 10.4. The smallest absolute Gasteiger partial charge is 0.322 e. The van der Waals surface area contributed by atoms with Gasteiger partial charge in [0.2, 0.25) is 0 Å². The molecule has 0 aromatic heterocycles. The van der Waals surface area contributed by atoms with E-state index in [0.717, 1.165) is 23.0 Å². The number of carboxylic acids is 2. The monoisotopic (exact) mass is 408 g/mol. The average Bonchev–Trinajstić information content (AvgIpc) is 3.22. The molecule has 6 heteroatoms. The molecule has 4 nitrogen and oxygen atoms in total. The lowest BCUT2D eigenvalue weighted by Crippen LogP contribution is -2.31. The van der Waals surface area contributed by atoms with Crippen LogP contribution < -0.4 is 0 Å². The summed E-state index contributed by atoms with van der Waals surface area (Å²) in [6.45, 7) is 9.41. The quantitative estimate of drug-likeness (QED) is 0.676. The molecule has 1 aromatic carbocycles. The number of carboxylic acid groups (broad SMARTS) is 2. The van der Waals surface area contributed by atoms with Crippen LogP contribution in [0.4, 0.5) is 0 Å². The summed E-state index contributed by atoms with van der Waals surface area (Å²) in [5.41, 5.74) is 2.32. The van der Waals surface area contributed by atoms with E-state index in [-0.39, 0.29) is 0 Å². The molecule has 0 radical (unpaired) electrons. The second-order valence-electron chi connectivity index (χ2n) is 7.43. The molecule has 1 aliphatic carbocycles. The molecular formula is C21H28O4S2. The van der Waals surface area contributed by atoms with Gasteiger partial charge in [0, 0.05) is 11.5 Å². The van der Waals surface area contributed by atoms with E-state index in [9.17, 15) is 9.59 Å². The van der Waals surface area contributed by atoms with Crippen LogP contribution in [0.25, 0.3) is 6.08 Å². The molecule has 0 saturated carbocycles. The van der Waals surface area contributed by atoms with Crippen LogP contribution >= 0.6 is 23.5 Å². The average molecular weight is 409 g/mol. The number of benzene rings is 1. The summed E-state index contributed by atoms with van der Waals surface area (Å²) in [6, 6.07) is 7.42. The third-order valence-corrected chi connectivity index (χ3v) is 9.57. The summed E-state index contributed by atoms with van der Waals surface area (Å²) >= 11 is 4.34. The van der Waals surface area contributed by atoms with E-state index in [1.807, 2.05) is 24.3 Å². The van der Waals surface area contributed by atoms with Crippen molar-refractivity contribution in [2.24, 2.45) is 17.8 Å². The number of hydrogen-bond acceptors (Lipinski definition) is 4. The first kappa shape index (κ1) is 21.9. The van der Waals surface area contributed by atoms with Crippen LogP contribution in [0.5, 0.6) is 0 Å². The highest BCUT2D eigenvalue weighted by Gasteiger charge is 2.41. The van der Waals surface area contributed by atoms with Crippen molar-refractivity contribution in [1.82, 2.24) is 0 Å². The third kappa shape index (κ3) is 4.91.